The molecule has 0 fully saturated rings. The van der Waals surface area contributed by atoms with E-state index in [1.165, 1.54) is 0 Å². The number of aryl methyl sites for hydroxylation is 1. The summed E-state index contributed by atoms with van der Waals surface area (Å²) in [6.45, 7) is 0. The molecule has 6 heteroatoms. The van der Waals surface area contributed by atoms with Gasteiger partial charge in [0, 0.05) is 6.42 Å². The third kappa shape index (κ3) is 2.88. The molecule has 1 aromatic carbocycles. The molecule has 16 heavy (non-hydrogen) atoms. The van der Waals surface area contributed by atoms with Gasteiger partial charge in [0.2, 0.25) is 0 Å². The van der Waals surface area contributed by atoms with Crippen LogP contribution in [0.25, 0.3) is 0 Å². The van der Waals surface area contributed by atoms with E-state index in [0.29, 0.717) is 12.4 Å². The van der Waals surface area contributed by atoms with Crippen molar-refractivity contribution in [2.24, 2.45) is 0 Å². The third-order valence-electron chi connectivity index (χ3n) is 2.00. The van der Waals surface area contributed by atoms with Gasteiger partial charge < -0.3 is 9.90 Å². The molecule has 2 nitrogen and oxygen atoms in total. The molecular formula is C10H8ClF3O2. The zero-order valence-electron chi connectivity index (χ0n) is 8.01. The van der Waals surface area contributed by atoms with Gasteiger partial charge in [-0.1, -0.05) is 11.6 Å². The van der Waals surface area contributed by atoms with E-state index < -0.39 is 17.5 Å². The average molecular weight is 253 g/mol. The maximum absolute atomic E-state index is 12.4. The quantitative estimate of drug-likeness (QED) is 0.839. The number of phenolic OH excluding ortho intramolecular Hbond substituents is 1. The normalized spacial score (nSPS) is 11.5. The largest absolute Gasteiger partial charge is 0.506 e. The predicted octanol–water partition coefficient (Wildman–Crippen LogP) is 3.20. The summed E-state index contributed by atoms with van der Waals surface area (Å²) in [7, 11) is 0. The second-order valence-corrected chi connectivity index (χ2v) is 3.58. The van der Waals surface area contributed by atoms with E-state index in [9.17, 15) is 23.1 Å². The van der Waals surface area contributed by atoms with Gasteiger partial charge >= 0.3 is 6.18 Å². The summed E-state index contributed by atoms with van der Waals surface area (Å²) < 4.78 is 37.2. The molecule has 0 saturated carbocycles. The SMILES string of the molecule is O=CCCc1cc(C(F)(F)F)cc(Cl)c1O. The molecule has 88 valence electrons. The number of hydrogen-bond acceptors (Lipinski definition) is 2. The molecule has 0 heterocycles. The Hall–Kier alpha value is -1.23. The van der Waals surface area contributed by atoms with E-state index in [4.69, 9.17) is 11.6 Å². The Morgan fingerprint density at radius 1 is 1.38 bits per heavy atom. The summed E-state index contributed by atoms with van der Waals surface area (Å²) in [4.78, 5) is 10.1. The van der Waals surface area contributed by atoms with Crippen LogP contribution in [0.3, 0.4) is 0 Å². The van der Waals surface area contributed by atoms with Crippen molar-refractivity contribution in [3.63, 3.8) is 0 Å². The van der Waals surface area contributed by atoms with Gasteiger partial charge in [-0.2, -0.15) is 13.2 Å². The first-order valence-corrected chi connectivity index (χ1v) is 4.76. The minimum Gasteiger partial charge on any atom is -0.506 e. The molecular weight excluding hydrogens is 245 g/mol. The highest BCUT2D eigenvalue weighted by Crippen LogP contribution is 2.37. The summed E-state index contributed by atoms with van der Waals surface area (Å²) in [5, 5.41) is 9.03. The first kappa shape index (κ1) is 12.8. The van der Waals surface area contributed by atoms with Gasteiger partial charge in [0.1, 0.15) is 12.0 Å². The fourth-order valence-corrected chi connectivity index (χ4v) is 1.46. The number of aromatic hydroxyl groups is 1. The number of carbonyl (C=O) groups is 1. The molecule has 0 spiro atoms. The lowest BCUT2D eigenvalue weighted by Gasteiger charge is -2.11. The smallest absolute Gasteiger partial charge is 0.416 e. The molecule has 1 aromatic rings. The molecule has 0 unspecified atom stereocenters. The number of phenols is 1. The molecule has 0 bridgehead atoms. The molecule has 0 aliphatic carbocycles. The van der Waals surface area contributed by atoms with Crippen molar-refractivity contribution < 1.29 is 23.1 Å². The lowest BCUT2D eigenvalue weighted by atomic mass is 10.1. The van der Waals surface area contributed by atoms with Gasteiger partial charge in [-0.3, -0.25) is 0 Å². The zero-order valence-corrected chi connectivity index (χ0v) is 8.77. The van der Waals surface area contributed by atoms with Crippen molar-refractivity contribution >= 4 is 17.9 Å². The molecule has 0 amide bonds. The Bertz CT molecular complexity index is 402. The summed E-state index contributed by atoms with van der Waals surface area (Å²) >= 11 is 5.47. The van der Waals surface area contributed by atoms with Crippen LogP contribution in [0.1, 0.15) is 17.5 Å². The maximum atomic E-state index is 12.4. The maximum Gasteiger partial charge on any atom is 0.416 e. The van der Waals surface area contributed by atoms with Crippen molar-refractivity contribution in [3.05, 3.63) is 28.3 Å². The molecule has 0 aliphatic heterocycles. The number of aldehydes is 1. The fraction of sp³-hybridized carbons (Fsp3) is 0.300. The predicted molar refractivity (Wildman–Crippen MR) is 52.5 cm³/mol. The Labute approximate surface area is 94.6 Å². The van der Waals surface area contributed by atoms with Gasteiger partial charge in [0.25, 0.3) is 0 Å². The van der Waals surface area contributed by atoms with Crippen LogP contribution < -0.4 is 0 Å². The lowest BCUT2D eigenvalue weighted by molar-refractivity contribution is -0.137. The molecule has 0 aromatic heterocycles. The van der Waals surface area contributed by atoms with Crippen LogP contribution >= 0.6 is 11.6 Å². The Balaban J connectivity index is 3.16. The van der Waals surface area contributed by atoms with Crippen LogP contribution in [0.2, 0.25) is 5.02 Å². The zero-order chi connectivity index (χ0) is 12.3. The van der Waals surface area contributed by atoms with Crippen LogP contribution in [-0.4, -0.2) is 11.4 Å². The summed E-state index contributed by atoms with van der Waals surface area (Å²) in [5.41, 5.74) is -0.914. The minimum atomic E-state index is -4.52. The highest BCUT2D eigenvalue weighted by molar-refractivity contribution is 6.32. The molecule has 0 aliphatic rings. The number of benzene rings is 1. The molecule has 0 radical (unpaired) electrons. The molecule has 0 saturated heterocycles. The Kier molecular flexibility index (Phi) is 3.80. The highest BCUT2D eigenvalue weighted by atomic mass is 35.5. The highest BCUT2D eigenvalue weighted by Gasteiger charge is 2.32. The number of carbonyl (C=O) groups excluding carboxylic acids is 1. The third-order valence-corrected chi connectivity index (χ3v) is 2.29. The van der Waals surface area contributed by atoms with Crippen molar-refractivity contribution in [1.29, 1.82) is 0 Å². The van der Waals surface area contributed by atoms with Gasteiger partial charge in [0.05, 0.1) is 10.6 Å². The fourth-order valence-electron chi connectivity index (χ4n) is 1.22. The van der Waals surface area contributed by atoms with E-state index in [1.54, 1.807) is 0 Å². The first-order chi connectivity index (χ1) is 7.36. The van der Waals surface area contributed by atoms with Crippen molar-refractivity contribution in [1.82, 2.24) is 0 Å². The Morgan fingerprint density at radius 3 is 2.50 bits per heavy atom. The summed E-state index contributed by atoms with van der Waals surface area (Å²) in [5.74, 6) is -0.406. The number of halogens is 4. The van der Waals surface area contributed by atoms with E-state index in [-0.39, 0.29) is 23.4 Å². The van der Waals surface area contributed by atoms with Crippen molar-refractivity contribution in [2.45, 2.75) is 19.0 Å². The number of alkyl halides is 3. The topological polar surface area (TPSA) is 37.3 Å². The van der Waals surface area contributed by atoms with E-state index in [0.717, 1.165) is 6.07 Å². The average Bonchev–Trinajstić information content (AvgIpc) is 2.18. The molecule has 0 atom stereocenters. The van der Waals surface area contributed by atoms with E-state index in [2.05, 4.69) is 0 Å². The monoisotopic (exact) mass is 252 g/mol. The second-order valence-electron chi connectivity index (χ2n) is 3.17. The number of rotatable bonds is 3. The van der Waals surface area contributed by atoms with E-state index >= 15 is 0 Å². The lowest BCUT2D eigenvalue weighted by Crippen LogP contribution is -2.06. The van der Waals surface area contributed by atoms with Crippen LogP contribution in [0.5, 0.6) is 5.75 Å². The van der Waals surface area contributed by atoms with E-state index in [1.807, 2.05) is 0 Å². The number of hydrogen-bond donors (Lipinski definition) is 1. The van der Waals surface area contributed by atoms with Crippen molar-refractivity contribution in [3.8, 4) is 5.75 Å². The summed E-state index contributed by atoms with van der Waals surface area (Å²) in [6.07, 6.45) is -3.90. The van der Waals surface area contributed by atoms with Gasteiger partial charge in [-0.05, 0) is 24.1 Å². The molecule has 1 rings (SSSR count). The second kappa shape index (κ2) is 4.74. The first-order valence-electron chi connectivity index (χ1n) is 4.38. The van der Waals surface area contributed by atoms with Crippen LogP contribution in [-0.2, 0) is 17.4 Å². The van der Waals surface area contributed by atoms with Crippen LogP contribution in [0.4, 0.5) is 13.2 Å². The van der Waals surface area contributed by atoms with Crippen LogP contribution in [0.15, 0.2) is 12.1 Å². The minimum absolute atomic E-state index is 0.0203. The van der Waals surface area contributed by atoms with Gasteiger partial charge in [0.15, 0.2) is 0 Å². The standard InChI is InChI=1S/C10H8ClF3O2/c11-8-5-7(10(12,13)14)4-6(9(8)16)2-1-3-15/h3-5,16H,1-2H2. The van der Waals surface area contributed by atoms with Crippen molar-refractivity contribution in [2.75, 3.05) is 0 Å². The van der Waals surface area contributed by atoms with Gasteiger partial charge in [-0.15, -0.1) is 0 Å². The Morgan fingerprint density at radius 2 is 2.00 bits per heavy atom. The van der Waals surface area contributed by atoms with Gasteiger partial charge in [-0.25, -0.2) is 0 Å². The summed E-state index contributed by atoms with van der Waals surface area (Å²) in [6, 6.07) is 1.45. The van der Waals surface area contributed by atoms with Crippen LogP contribution in [0, 0.1) is 0 Å². The molecule has 1 N–H and O–H groups in total.